The molecule has 0 aromatic heterocycles. The third-order valence-electron chi connectivity index (χ3n) is 4.44. The highest BCUT2D eigenvalue weighted by molar-refractivity contribution is 7.89. The molecule has 2 fully saturated rings. The minimum atomic E-state index is -3.68. The van der Waals surface area contributed by atoms with Crippen LogP contribution >= 0.6 is 0 Å². The summed E-state index contributed by atoms with van der Waals surface area (Å²) in [6, 6.07) is 6.51. The van der Waals surface area contributed by atoms with E-state index in [2.05, 4.69) is 4.72 Å². The van der Waals surface area contributed by atoms with Gasteiger partial charge in [-0.2, -0.15) is 0 Å². The Morgan fingerprint density at radius 2 is 1.75 bits per heavy atom. The van der Waals surface area contributed by atoms with E-state index in [1.54, 1.807) is 17.0 Å². The van der Waals surface area contributed by atoms with Crippen LogP contribution in [0.2, 0.25) is 0 Å². The highest BCUT2D eigenvalue weighted by atomic mass is 32.2. The molecule has 0 bridgehead atoms. The van der Waals surface area contributed by atoms with Crippen LogP contribution in [0.1, 0.15) is 18.4 Å². The lowest BCUT2D eigenvalue weighted by atomic mass is 10.0. The van der Waals surface area contributed by atoms with Crippen molar-refractivity contribution in [2.45, 2.75) is 30.4 Å². The monoisotopic (exact) mass is 354 g/mol. The van der Waals surface area contributed by atoms with Crippen LogP contribution < -0.4 is 4.72 Å². The summed E-state index contributed by atoms with van der Waals surface area (Å²) in [5.74, 6) is -0.781. The molecule has 0 saturated carbocycles. The van der Waals surface area contributed by atoms with Crippen molar-refractivity contribution in [2.75, 3.05) is 32.8 Å². The molecule has 1 amide bonds. The van der Waals surface area contributed by atoms with E-state index in [1.807, 2.05) is 6.92 Å². The molecule has 2 saturated heterocycles. The Labute approximate surface area is 142 Å². The fourth-order valence-corrected chi connectivity index (χ4v) is 3.93. The molecule has 0 aliphatic carbocycles. The number of aryl methyl sites for hydroxylation is 1. The number of rotatable bonds is 4. The van der Waals surface area contributed by atoms with Gasteiger partial charge in [0.15, 0.2) is 5.79 Å². The van der Waals surface area contributed by atoms with Crippen molar-refractivity contribution >= 4 is 15.9 Å². The number of carbonyl (C=O) groups is 1. The number of sulfonamides is 1. The van der Waals surface area contributed by atoms with Gasteiger partial charge in [0.05, 0.1) is 24.7 Å². The molecule has 2 heterocycles. The number of nitrogens with one attached hydrogen (secondary N) is 1. The maximum Gasteiger partial charge on any atom is 0.241 e. The summed E-state index contributed by atoms with van der Waals surface area (Å²) in [5, 5.41) is 0. The van der Waals surface area contributed by atoms with Crippen LogP contribution in [0.25, 0.3) is 0 Å². The van der Waals surface area contributed by atoms with Crippen molar-refractivity contribution in [1.29, 1.82) is 0 Å². The van der Waals surface area contributed by atoms with Crippen LogP contribution in [0.15, 0.2) is 29.2 Å². The molecule has 0 radical (unpaired) electrons. The van der Waals surface area contributed by atoms with E-state index in [4.69, 9.17) is 9.47 Å². The molecular formula is C16H22N2O5S. The highest BCUT2D eigenvalue weighted by Crippen LogP contribution is 2.31. The zero-order chi connectivity index (χ0) is 17.2. The van der Waals surface area contributed by atoms with Gasteiger partial charge in [-0.3, -0.25) is 4.79 Å². The second-order valence-electron chi connectivity index (χ2n) is 6.13. The van der Waals surface area contributed by atoms with Crippen molar-refractivity contribution < 1.29 is 22.7 Å². The molecule has 1 aromatic rings. The van der Waals surface area contributed by atoms with Crippen molar-refractivity contribution in [3.63, 3.8) is 0 Å². The molecule has 8 heteroatoms. The minimum absolute atomic E-state index is 0.159. The highest BCUT2D eigenvalue weighted by Gasteiger charge is 2.40. The molecular weight excluding hydrogens is 332 g/mol. The number of nitrogens with zero attached hydrogens (tertiary/aromatic N) is 1. The molecule has 0 unspecified atom stereocenters. The molecule has 0 atom stereocenters. The molecule has 1 spiro atoms. The number of ether oxygens (including phenoxy) is 2. The zero-order valence-corrected chi connectivity index (χ0v) is 14.5. The summed E-state index contributed by atoms with van der Waals surface area (Å²) in [5.41, 5.74) is 0.976. The van der Waals surface area contributed by atoms with Gasteiger partial charge in [-0.05, 0) is 19.1 Å². The van der Waals surface area contributed by atoms with Gasteiger partial charge < -0.3 is 14.4 Å². The summed E-state index contributed by atoms with van der Waals surface area (Å²) in [6.45, 7) is 3.82. The smallest absolute Gasteiger partial charge is 0.241 e. The van der Waals surface area contributed by atoms with Crippen LogP contribution in [-0.2, 0) is 24.3 Å². The number of likely N-dealkylation sites (tertiary alicyclic amines) is 1. The lowest BCUT2D eigenvalue weighted by molar-refractivity contribution is -0.187. The normalized spacial score (nSPS) is 20.5. The van der Waals surface area contributed by atoms with Crippen LogP contribution in [0, 0.1) is 6.92 Å². The largest absolute Gasteiger partial charge is 0.347 e. The number of carbonyl (C=O) groups excluding carboxylic acids is 1. The van der Waals surface area contributed by atoms with Gasteiger partial charge in [-0.1, -0.05) is 17.7 Å². The first-order valence-electron chi connectivity index (χ1n) is 8.02. The number of hydrogen-bond donors (Lipinski definition) is 1. The Bertz CT molecular complexity index is 686. The molecule has 2 aliphatic rings. The Morgan fingerprint density at radius 1 is 1.17 bits per heavy atom. The van der Waals surface area contributed by atoms with Gasteiger partial charge in [0, 0.05) is 25.9 Å². The maximum absolute atomic E-state index is 12.3. The van der Waals surface area contributed by atoms with E-state index >= 15 is 0 Å². The predicted molar refractivity (Wildman–Crippen MR) is 86.8 cm³/mol. The molecule has 7 nitrogen and oxygen atoms in total. The first-order valence-corrected chi connectivity index (χ1v) is 9.51. The molecule has 132 valence electrons. The number of piperidine rings is 1. The van der Waals surface area contributed by atoms with Crippen molar-refractivity contribution in [1.82, 2.24) is 9.62 Å². The zero-order valence-electron chi connectivity index (χ0n) is 13.7. The van der Waals surface area contributed by atoms with E-state index in [-0.39, 0.29) is 17.3 Å². The first kappa shape index (κ1) is 17.3. The van der Waals surface area contributed by atoms with Crippen LogP contribution in [0.4, 0.5) is 0 Å². The Balaban J connectivity index is 1.53. The Hall–Kier alpha value is -1.48. The van der Waals surface area contributed by atoms with Gasteiger partial charge in [0.2, 0.25) is 15.9 Å². The first-order chi connectivity index (χ1) is 11.4. The van der Waals surface area contributed by atoms with Gasteiger partial charge >= 0.3 is 0 Å². The quantitative estimate of drug-likeness (QED) is 0.858. The standard InChI is InChI=1S/C16H22N2O5S/c1-13-2-4-14(5-3-13)24(20,21)17-12-15(19)18-8-6-16(7-9-18)22-10-11-23-16/h2-5,17H,6-12H2,1H3. The molecule has 1 aromatic carbocycles. The summed E-state index contributed by atoms with van der Waals surface area (Å²) in [7, 11) is -3.68. The summed E-state index contributed by atoms with van der Waals surface area (Å²) in [6.07, 6.45) is 1.23. The average molecular weight is 354 g/mol. The molecule has 24 heavy (non-hydrogen) atoms. The summed E-state index contributed by atoms with van der Waals surface area (Å²) >= 11 is 0. The van der Waals surface area contributed by atoms with Gasteiger partial charge in [-0.15, -0.1) is 0 Å². The SMILES string of the molecule is Cc1ccc(S(=O)(=O)NCC(=O)N2CCC3(CC2)OCCO3)cc1. The lowest BCUT2D eigenvalue weighted by Gasteiger charge is -2.37. The lowest BCUT2D eigenvalue weighted by Crippen LogP contribution is -2.49. The molecule has 1 N–H and O–H groups in total. The van der Waals surface area contributed by atoms with Crippen LogP contribution in [0.5, 0.6) is 0 Å². The number of amides is 1. The predicted octanol–water partition coefficient (Wildman–Crippen LogP) is 0.639. The molecule has 3 rings (SSSR count). The Morgan fingerprint density at radius 3 is 2.33 bits per heavy atom. The van der Waals surface area contributed by atoms with Crippen molar-refractivity contribution in [3.8, 4) is 0 Å². The van der Waals surface area contributed by atoms with Gasteiger partial charge in [0.25, 0.3) is 0 Å². The summed E-state index contributed by atoms with van der Waals surface area (Å²) in [4.78, 5) is 14.1. The van der Waals surface area contributed by atoms with E-state index in [0.29, 0.717) is 39.1 Å². The topological polar surface area (TPSA) is 84.9 Å². The average Bonchev–Trinajstić information content (AvgIpc) is 3.02. The third kappa shape index (κ3) is 3.77. The second kappa shape index (κ2) is 6.79. The van der Waals surface area contributed by atoms with Crippen molar-refractivity contribution in [3.05, 3.63) is 29.8 Å². The second-order valence-corrected chi connectivity index (χ2v) is 7.89. The maximum atomic E-state index is 12.3. The van der Waals surface area contributed by atoms with Gasteiger partial charge in [0.1, 0.15) is 0 Å². The fraction of sp³-hybridized carbons (Fsp3) is 0.562. The van der Waals surface area contributed by atoms with E-state index < -0.39 is 15.8 Å². The number of hydrogen-bond acceptors (Lipinski definition) is 5. The van der Waals surface area contributed by atoms with Crippen LogP contribution in [-0.4, -0.2) is 57.9 Å². The van der Waals surface area contributed by atoms with E-state index in [0.717, 1.165) is 5.56 Å². The number of benzene rings is 1. The summed E-state index contributed by atoms with van der Waals surface area (Å²) < 4.78 is 38.0. The third-order valence-corrected chi connectivity index (χ3v) is 5.85. The van der Waals surface area contributed by atoms with Gasteiger partial charge in [-0.25, -0.2) is 13.1 Å². The molecule has 2 aliphatic heterocycles. The van der Waals surface area contributed by atoms with E-state index in [1.165, 1.54) is 12.1 Å². The fourth-order valence-electron chi connectivity index (χ4n) is 2.95. The van der Waals surface area contributed by atoms with Crippen LogP contribution in [0.3, 0.4) is 0 Å². The van der Waals surface area contributed by atoms with Crippen molar-refractivity contribution in [2.24, 2.45) is 0 Å². The minimum Gasteiger partial charge on any atom is -0.347 e. The van der Waals surface area contributed by atoms with E-state index in [9.17, 15) is 13.2 Å². The Kier molecular flexibility index (Phi) is 4.91.